The highest BCUT2D eigenvalue weighted by molar-refractivity contribution is 7.98. The molecule has 0 unspecified atom stereocenters. The zero-order valence-electron chi connectivity index (χ0n) is 14.1. The Bertz CT molecular complexity index is 825. The molecule has 0 radical (unpaired) electrons. The fourth-order valence-electron chi connectivity index (χ4n) is 1.87. The van der Waals surface area contributed by atoms with Crippen molar-refractivity contribution in [3.8, 4) is 11.8 Å². The van der Waals surface area contributed by atoms with E-state index >= 15 is 0 Å². The first-order valence-corrected chi connectivity index (χ1v) is 8.87. The van der Waals surface area contributed by atoms with Gasteiger partial charge in [0.05, 0.1) is 11.6 Å². The number of rotatable bonds is 6. The molecule has 2 aromatic carbocycles. The Hall–Kier alpha value is -3.24. The van der Waals surface area contributed by atoms with Crippen LogP contribution in [0.2, 0.25) is 0 Å². The lowest BCUT2D eigenvalue weighted by atomic mass is 10.2. The maximum absolute atomic E-state index is 11.7. The van der Waals surface area contributed by atoms with E-state index in [9.17, 15) is 9.59 Å². The van der Waals surface area contributed by atoms with Crippen molar-refractivity contribution in [2.24, 2.45) is 0 Å². The SMILES string of the molecule is CSc1ccc(/C=C/C(=O)NNC(=O)COc2ccc(C#N)cc2)cc1. The summed E-state index contributed by atoms with van der Waals surface area (Å²) >= 11 is 1.64. The van der Waals surface area contributed by atoms with Crippen LogP contribution in [0.4, 0.5) is 0 Å². The molecule has 2 aromatic rings. The summed E-state index contributed by atoms with van der Waals surface area (Å²) in [6.07, 6.45) is 4.97. The molecule has 132 valence electrons. The monoisotopic (exact) mass is 367 g/mol. The van der Waals surface area contributed by atoms with Crippen LogP contribution in [0.5, 0.6) is 5.75 Å². The second kappa shape index (κ2) is 9.91. The van der Waals surface area contributed by atoms with E-state index < -0.39 is 11.8 Å². The van der Waals surface area contributed by atoms with Crippen LogP contribution in [0.3, 0.4) is 0 Å². The highest BCUT2D eigenvalue weighted by atomic mass is 32.2. The van der Waals surface area contributed by atoms with Crippen molar-refractivity contribution in [2.45, 2.75) is 4.90 Å². The summed E-state index contributed by atoms with van der Waals surface area (Å²) in [5.41, 5.74) is 5.92. The summed E-state index contributed by atoms with van der Waals surface area (Å²) in [6, 6.07) is 16.1. The quantitative estimate of drug-likeness (QED) is 0.465. The van der Waals surface area contributed by atoms with Gasteiger partial charge in [-0.05, 0) is 54.3 Å². The van der Waals surface area contributed by atoms with Gasteiger partial charge >= 0.3 is 0 Å². The third kappa shape index (κ3) is 6.34. The van der Waals surface area contributed by atoms with Gasteiger partial charge in [-0.1, -0.05) is 12.1 Å². The minimum absolute atomic E-state index is 0.258. The maximum atomic E-state index is 11.7. The molecule has 0 saturated heterocycles. The molecule has 26 heavy (non-hydrogen) atoms. The molecule has 0 saturated carbocycles. The molecular formula is C19H17N3O3S. The Kier molecular flexibility index (Phi) is 7.28. The van der Waals surface area contributed by atoms with Crippen LogP contribution in [-0.4, -0.2) is 24.7 Å². The summed E-state index contributed by atoms with van der Waals surface area (Å²) in [6.45, 7) is -0.258. The third-order valence-electron chi connectivity index (χ3n) is 3.22. The van der Waals surface area contributed by atoms with Gasteiger partial charge in [0.25, 0.3) is 11.8 Å². The molecule has 0 spiro atoms. The summed E-state index contributed by atoms with van der Waals surface area (Å²) in [5.74, 6) is -0.495. The molecule has 0 fully saturated rings. The average Bonchev–Trinajstić information content (AvgIpc) is 2.69. The number of hydrogen-bond acceptors (Lipinski definition) is 5. The number of benzene rings is 2. The standard InChI is InChI=1S/C19H17N3O3S/c1-26-17-9-4-14(5-10-17)6-11-18(23)21-22-19(24)13-25-16-7-2-15(12-20)3-8-16/h2-11H,13H2,1H3,(H,21,23)(H,22,24)/b11-6+. The van der Waals surface area contributed by atoms with Crippen LogP contribution >= 0.6 is 11.8 Å². The Morgan fingerprint density at radius 3 is 2.42 bits per heavy atom. The zero-order valence-corrected chi connectivity index (χ0v) is 14.9. The maximum Gasteiger partial charge on any atom is 0.276 e. The van der Waals surface area contributed by atoms with E-state index in [-0.39, 0.29) is 6.61 Å². The Morgan fingerprint density at radius 2 is 1.81 bits per heavy atom. The van der Waals surface area contributed by atoms with Gasteiger partial charge in [-0.15, -0.1) is 11.8 Å². The van der Waals surface area contributed by atoms with Crippen LogP contribution in [0, 0.1) is 11.3 Å². The molecule has 7 heteroatoms. The zero-order chi connectivity index (χ0) is 18.8. The van der Waals surface area contributed by atoms with Crippen molar-refractivity contribution in [1.82, 2.24) is 10.9 Å². The number of nitrogens with zero attached hydrogens (tertiary/aromatic N) is 1. The molecule has 2 N–H and O–H groups in total. The summed E-state index contributed by atoms with van der Waals surface area (Å²) in [7, 11) is 0. The number of carbonyl (C=O) groups is 2. The summed E-state index contributed by atoms with van der Waals surface area (Å²) in [4.78, 5) is 24.5. The summed E-state index contributed by atoms with van der Waals surface area (Å²) in [5, 5.41) is 8.71. The fraction of sp³-hybridized carbons (Fsp3) is 0.105. The second-order valence-corrected chi connectivity index (χ2v) is 5.95. The molecule has 2 rings (SSSR count). The molecule has 0 bridgehead atoms. The van der Waals surface area contributed by atoms with E-state index in [2.05, 4.69) is 10.9 Å². The van der Waals surface area contributed by atoms with E-state index in [1.54, 1.807) is 42.1 Å². The van der Waals surface area contributed by atoms with Gasteiger partial charge in [-0.25, -0.2) is 0 Å². The molecule has 2 amide bonds. The molecular weight excluding hydrogens is 350 g/mol. The third-order valence-corrected chi connectivity index (χ3v) is 3.96. The van der Waals surface area contributed by atoms with Crippen LogP contribution < -0.4 is 15.6 Å². The van der Waals surface area contributed by atoms with Gasteiger partial charge in [-0.2, -0.15) is 5.26 Å². The van der Waals surface area contributed by atoms with E-state index in [0.29, 0.717) is 11.3 Å². The average molecular weight is 367 g/mol. The minimum Gasteiger partial charge on any atom is -0.484 e. The number of nitrogens with one attached hydrogen (secondary N) is 2. The Balaban J connectivity index is 1.72. The molecule has 0 aliphatic rings. The normalized spacial score (nSPS) is 10.2. The van der Waals surface area contributed by atoms with Crippen molar-refractivity contribution in [3.63, 3.8) is 0 Å². The number of hydrogen-bond donors (Lipinski definition) is 2. The van der Waals surface area contributed by atoms with E-state index in [4.69, 9.17) is 10.00 Å². The molecule has 0 heterocycles. The van der Waals surface area contributed by atoms with Gasteiger partial charge < -0.3 is 4.74 Å². The number of carbonyl (C=O) groups excluding carboxylic acids is 2. The summed E-state index contributed by atoms with van der Waals surface area (Å²) < 4.78 is 5.26. The van der Waals surface area contributed by atoms with Gasteiger partial charge in [0.1, 0.15) is 5.75 Å². The Morgan fingerprint density at radius 1 is 1.12 bits per heavy atom. The van der Waals surface area contributed by atoms with Gasteiger partial charge in [0, 0.05) is 11.0 Å². The van der Waals surface area contributed by atoms with Crippen LogP contribution in [-0.2, 0) is 9.59 Å². The first kappa shape index (κ1) is 19.1. The highest BCUT2D eigenvalue weighted by Gasteiger charge is 2.04. The lowest BCUT2D eigenvalue weighted by Gasteiger charge is -2.07. The van der Waals surface area contributed by atoms with Gasteiger partial charge in [0.15, 0.2) is 6.61 Å². The predicted molar refractivity (Wildman–Crippen MR) is 100 cm³/mol. The molecule has 6 nitrogen and oxygen atoms in total. The largest absolute Gasteiger partial charge is 0.484 e. The van der Waals surface area contributed by atoms with Crippen molar-refractivity contribution in [2.75, 3.05) is 12.9 Å². The predicted octanol–water partition coefficient (Wildman–Crippen LogP) is 2.52. The van der Waals surface area contributed by atoms with Crippen LogP contribution in [0.25, 0.3) is 6.08 Å². The number of nitriles is 1. The lowest BCUT2D eigenvalue weighted by Crippen LogP contribution is -2.43. The number of thioether (sulfide) groups is 1. The molecule has 0 atom stereocenters. The lowest BCUT2D eigenvalue weighted by molar-refractivity contribution is -0.128. The van der Waals surface area contributed by atoms with Crippen molar-refractivity contribution >= 4 is 29.7 Å². The minimum atomic E-state index is -0.500. The van der Waals surface area contributed by atoms with Gasteiger partial charge in [-0.3, -0.25) is 20.4 Å². The van der Waals surface area contributed by atoms with Crippen LogP contribution in [0.1, 0.15) is 11.1 Å². The number of amides is 2. The molecule has 0 aliphatic heterocycles. The second-order valence-electron chi connectivity index (χ2n) is 5.07. The number of hydrazine groups is 1. The van der Waals surface area contributed by atoms with Crippen molar-refractivity contribution < 1.29 is 14.3 Å². The van der Waals surface area contributed by atoms with E-state index in [0.717, 1.165) is 10.5 Å². The highest BCUT2D eigenvalue weighted by Crippen LogP contribution is 2.15. The topological polar surface area (TPSA) is 91.2 Å². The van der Waals surface area contributed by atoms with Crippen LogP contribution in [0.15, 0.2) is 59.5 Å². The number of ether oxygens (including phenoxy) is 1. The molecule has 0 aromatic heterocycles. The Labute approximate surface area is 155 Å². The first-order chi connectivity index (χ1) is 12.6. The molecule has 0 aliphatic carbocycles. The fourth-order valence-corrected chi connectivity index (χ4v) is 2.28. The van der Waals surface area contributed by atoms with Crippen molar-refractivity contribution in [3.05, 3.63) is 65.7 Å². The van der Waals surface area contributed by atoms with Crippen molar-refractivity contribution in [1.29, 1.82) is 5.26 Å². The van der Waals surface area contributed by atoms with Gasteiger partial charge in [0.2, 0.25) is 0 Å². The first-order valence-electron chi connectivity index (χ1n) is 7.64. The van der Waals surface area contributed by atoms with E-state index in [1.807, 2.05) is 36.6 Å². The van der Waals surface area contributed by atoms with E-state index in [1.165, 1.54) is 6.08 Å². The smallest absolute Gasteiger partial charge is 0.276 e.